The lowest BCUT2D eigenvalue weighted by molar-refractivity contribution is -0.385. The lowest BCUT2D eigenvalue weighted by Gasteiger charge is -2.07. The van der Waals surface area contributed by atoms with Crippen LogP contribution in [-0.2, 0) is 0 Å². The molecule has 6 heteroatoms. The van der Waals surface area contributed by atoms with Crippen molar-refractivity contribution in [1.82, 2.24) is 5.43 Å². The molecule has 0 aromatic heterocycles. The van der Waals surface area contributed by atoms with Crippen molar-refractivity contribution < 1.29 is 9.72 Å². The third kappa shape index (κ3) is 3.84. The average Bonchev–Trinajstić information content (AvgIpc) is 2.51. The Bertz CT molecular complexity index is 841. The number of amides is 1. The van der Waals surface area contributed by atoms with Crippen LogP contribution in [-0.4, -0.2) is 16.5 Å². The molecule has 0 unspecified atom stereocenters. The Hall–Kier alpha value is -3.02. The second kappa shape index (κ2) is 7.04. The number of hydrazone groups is 1. The number of benzene rings is 2. The maximum atomic E-state index is 12.2. The number of carbonyl (C=O) groups excluding carboxylic acids is 1. The van der Waals surface area contributed by atoms with Gasteiger partial charge in [0.15, 0.2) is 0 Å². The zero-order valence-electron chi connectivity index (χ0n) is 14.1. The molecule has 0 saturated heterocycles. The van der Waals surface area contributed by atoms with Crippen molar-refractivity contribution in [3.05, 3.63) is 74.3 Å². The molecule has 0 aliphatic carbocycles. The van der Waals surface area contributed by atoms with Crippen molar-refractivity contribution in [2.24, 2.45) is 5.10 Å². The van der Waals surface area contributed by atoms with Gasteiger partial charge in [-0.2, -0.15) is 5.10 Å². The maximum Gasteiger partial charge on any atom is 0.272 e. The molecule has 1 amide bonds. The molecular weight excluding hydrogens is 306 g/mol. The fourth-order valence-electron chi connectivity index (χ4n) is 2.48. The largest absolute Gasteiger partial charge is 0.272 e. The monoisotopic (exact) mass is 325 g/mol. The van der Waals surface area contributed by atoms with E-state index in [1.165, 1.54) is 18.2 Å². The van der Waals surface area contributed by atoms with Crippen LogP contribution >= 0.6 is 0 Å². The molecule has 6 nitrogen and oxygen atoms in total. The molecular formula is C18H19N3O3. The second-order valence-electron chi connectivity index (χ2n) is 5.71. The van der Waals surface area contributed by atoms with Crippen molar-refractivity contribution in [2.75, 3.05) is 0 Å². The van der Waals surface area contributed by atoms with E-state index in [2.05, 4.69) is 16.6 Å². The summed E-state index contributed by atoms with van der Waals surface area (Å²) in [5, 5.41) is 14.9. The highest BCUT2D eigenvalue weighted by atomic mass is 16.6. The minimum atomic E-state index is -0.473. The average molecular weight is 325 g/mol. The Kier molecular flexibility index (Phi) is 5.08. The molecule has 1 N–H and O–H groups in total. The van der Waals surface area contributed by atoms with Crippen LogP contribution in [0.15, 0.2) is 41.5 Å². The quantitative estimate of drug-likeness (QED) is 0.529. The van der Waals surface area contributed by atoms with Crippen LogP contribution in [0.2, 0.25) is 0 Å². The summed E-state index contributed by atoms with van der Waals surface area (Å²) in [6.45, 7) is 7.42. The van der Waals surface area contributed by atoms with Gasteiger partial charge in [-0.25, -0.2) is 5.43 Å². The van der Waals surface area contributed by atoms with Crippen molar-refractivity contribution in [3.8, 4) is 0 Å². The summed E-state index contributed by atoms with van der Waals surface area (Å²) in [5.41, 5.74) is 7.14. The van der Waals surface area contributed by atoms with E-state index in [-0.39, 0.29) is 5.69 Å². The number of nitrogens with one attached hydrogen (secondary N) is 1. The minimum Gasteiger partial charge on any atom is -0.267 e. The highest BCUT2D eigenvalue weighted by Gasteiger charge is 2.13. The molecule has 24 heavy (non-hydrogen) atoms. The van der Waals surface area contributed by atoms with Gasteiger partial charge in [0.25, 0.3) is 11.6 Å². The van der Waals surface area contributed by atoms with Crippen LogP contribution in [0, 0.1) is 30.9 Å². The van der Waals surface area contributed by atoms with Gasteiger partial charge >= 0.3 is 0 Å². The van der Waals surface area contributed by atoms with Crippen LogP contribution < -0.4 is 5.43 Å². The van der Waals surface area contributed by atoms with E-state index in [4.69, 9.17) is 0 Å². The van der Waals surface area contributed by atoms with Gasteiger partial charge in [0.1, 0.15) is 0 Å². The number of rotatable bonds is 4. The molecule has 0 spiro atoms. The van der Waals surface area contributed by atoms with Crippen LogP contribution in [0.4, 0.5) is 5.69 Å². The van der Waals surface area contributed by atoms with Gasteiger partial charge in [-0.05, 0) is 45.4 Å². The summed E-state index contributed by atoms with van der Waals surface area (Å²) >= 11 is 0. The summed E-state index contributed by atoms with van der Waals surface area (Å²) < 4.78 is 0. The lowest BCUT2D eigenvalue weighted by atomic mass is 10.0. The SMILES string of the molecule is C/C(=N\NC(=O)c1ccc([N+](=O)[O-])c(C)c1)c1ccc(C)cc1C. The van der Waals surface area contributed by atoms with E-state index in [0.717, 1.165) is 16.7 Å². The standard InChI is InChI=1S/C18H19N3O3/c1-11-5-7-16(12(2)9-11)14(4)19-20-18(22)15-6-8-17(21(23)24)13(3)10-15/h5-10H,1-4H3,(H,20,22)/b19-14+. The second-order valence-corrected chi connectivity index (χ2v) is 5.71. The number of nitro groups is 1. The highest BCUT2D eigenvalue weighted by Crippen LogP contribution is 2.18. The van der Waals surface area contributed by atoms with Crippen molar-refractivity contribution in [2.45, 2.75) is 27.7 Å². The van der Waals surface area contributed by atoms with Crippen molar-refractivity contribution >= 4 is 17.3 Å². The normalized spacial score (nSPS) is 11.2. The van der Waals surface area contributed by atoms with E-state index >= 15 is 0 Å². The number of aryl methyl sites for hydroxylation is 3. The molecule has 124 valence electrons. The Morgan fingerprint density at radius 3 is 2.38 bits per heavy atom. The molecule has 0 aliphatic rings. The van der Waals surface area contributed by atoms with E-state index in [9.17, 15) is 14.9 Å². The number of nitrogens with zero attached hydrogens (tertiary/aromatic N) is 2. The van der Waals surface area contributed by atoms with E-state index in [1.807, 2.05) is 32.9 Å². The number of carbonyl (C=O) groups is 1. The van der Waals surface area contributed by atoms with Crippen LogP contribution in [0.25, 0.3) is 0 Å². The molecule has 0 fully saturated rings. The van der Waals surface area contributed by atoms with Gasteiger partial charge in [-0.3, -0.25) is 14.9 Å². The third-order valence-electron chi connectivity index (χ3n) is 3.75. The predicted molar refractivity (Wildman–Crippen MR) is 93.4 cm³/mol. The molecule has 2 aromatic carbocycles. The van der Waals surface area contributed by atoms with Crippen LogP contribution in [0.1, 0.15) is 39.5 Å². The summed E-state index contributed by atoms with van der Waals surface area (Å²) in [7, 11) is 0. The summed E-state index contributed by atoms with van der Waals surface area (Å²) in [6.07, 6.45) is 0. The summed E-state index contributed by atoms with van der Waals surface area (Å²) in [4.78, 5) is 22.5. The topological polar surface area (TPSA) is 84.6 Å². The fourth-order valence-corrected chi connectivity index (χ4v) is 2.48. The van der Waals surface area contributed by atoms with Gasteiger partial charge in [0.2, 0.25) is 0 Å². The molecule has 0 heterocycles. The van der Waals surface area contributed by atoms with Crippen molar-refractivity contribution in [3.63, 3.8) is 0 Å². The van der Waals surface area contributed by atoms with Crippen LogP contribution in [0.3, 0.4) is 0 Å². The lowest BCUT2D eigenvalue weighted by Crippen LogP contribution is -2.19. The zero-order valence-corrected chi connectivity index (χ0v) is 14.1. The van der Waals surface area contributed by atoms with Gasteiger partial charge in [-0.15, -0.1) is 0 Å². The summed E-state index contributed by atoms with van der Waals surface area (Å²) in [5.74, 6) is -0.405. The smallest absolute Gasteiger partial charge is 0.267 e. The van der Waals surface area contributed by atoms with E-state index < -0.39 is 10.8 Å². The molecule has 2 rings (SSSR count). The first-order chi connectivity index (χ1) is 11.3. The Morgan fingerprint density at radius 1 is 1.08 bits per heavy atom. The number of hydrogen-bond donors (Lipinski definition) is 1. The molecule has 0 aliphatic heterocycles. The molecule has 0 bridgehead atoms. The first kappa shape index (κ1) is 17.3. The van der Waals surface area contributed by atoms with Gasteiger partial charge in [-0.1, -0.05) is 23.8 Å². The van der Waals surface area contributed by atoms with Gasteiger partial charge in [0, 0.05) is 22.8 Å². The van der Waals surface area contributed by atoms with Gasteiger partial charge < -0.3 is 0 Å². The van der Waals surface area contributed by atoms with Crippen LogP contribution in [0.5, 0.6) is 0 Å². The van der Waals surface area contributed by atoms with Crippen molar-refractivity contribution in [1.29, 1.82) is 0 Å². The third-order valence-corrected chi connectivity index (χ3v) is 3.75. The highest BCUT2D eigenvalue weighted by molar-refractivity contribution is 6.01. The molecule has 0 radical (unpaired) electrons. The van der Waals surface area contributed by atoms with E-state index in [1.54, 1.807) is 6.92 Å². The zero-order chi connectivity index (χ0) is 17.9. The Morgan fingerprint density at radius 2 is 1.79 bits per heavy atom. The number of nitro benzene ring substituents is 1. The molecule has 0 atom stereocenters. The van der Waals surface area contributed by atoms with Gasteiger partial charge in [0.05, 0.1) is 10.6 Å². The molecule has 2 aromatic rings. The first-order valence-electron chi connectivity index (χ1n) is 7.47. The molecule has 0 saturated carbocycles. The minimum absolute atomic E-state index is 0.0125. The number of hydrogen-bond acceptors (Lipinski definition) is 4. The first-order valence-corrected chi connectivity index (χ1v) is 7.47. The fraction of sp³-hybridized carbons (Fsp3) is 0.222. The summed E-state index contributed by atoms with van der Waals surface area (Å²) in [6, 6.07) is 10.2. The Labute approximate surface area is 140 Å². The van der Waals surface area contributed by atoms with E-state index in [0.29, 0.717) is 16.8 Å². The maximum absolute atomic E-state index is 12.2. The Balaban J connectivity index is 2.17. The predicted octanol–water partition coefficient (Wildman–Crippen LogP) is 3.67.